The Hall–Kier alpha value is -1.91. The van der Waals surface area contributed by atoms with Crippen molar-refractivity contribution in [3.05, 3.63) is 18.3 Å². The van der Waals surface area contributed by atoms with Gasteiger partial charge in [0, 0.05) is 12.3 Å². The van der Waals surface area contributed by atoms with Crippen molar-refractivity contribution in [2.75, 3.05) is 0 Å². The number of rotatable bonds is 3. The molecule has 0 fully saturated rings. The molecule has 5 heteroatoms. The molecule has 0 saturated carbocycles. The fourth-order valence-corrected chi connectivity index (χ4v) is 0.742. The molecule has 0 bridgehead atoms. The highest BCUT2D eigenvalue weighted by Gasteiger charge is 2.09. The zero-order valence-corrected chi connectivity index (χ0v) is 6.27. The van der Waals surface area contributed by atoms with E-state index in [2.05, 4.69) is 23.4 Å². The van der Waals surface area contributed by atoms with E-state index in [4.69, 9.17) is 5.11 Å². The monoisotopic (exact) mass is 165 g/mol. The minimum atomic E-state index is -1.10. The van der Waals surface area contributed by atoms with Crippen LogP contribution in [0.25, 0.3) is 6.20 Å². The highest BCUT2D eigenvalue weighted by molar-refractivity contribution is 5.86. The summed E-state index contributed by atoms with van der Waals surface area (Å²) in [5.41, 5.74) is -0.0719. The minimum absolute atomic E-state index is 0.0719. The minimum Gasteiger partial charge on any atom is -0.476 e. The lowest BCUT2D eigenvalue weighted by Gasteiger charge is -1.90. The number of carbonyl (C=O) groups is 1. The molecule has 1 aromatic heterocycles. The maximum absolute atomic E-state index is 10.4. The second-order valence-corrected chi connectivity index (χ2v) is 1.98. The van der Waals surface area contributed by atoms with Gasteiger partial charge in [-0.15, -0.1) is 0 Å². The van der Waals surface area contributed by atoms with Crippen LogP contribution in [0.2, 0.25) is 0 Å². The second-order valence-electron chi connectivity index (χ2n) is 1.98. The van der Waals surface area contributed by atoms with E-state index in [0.717, 1.165) is 0 Å². The number of aromatic nitrogens is 2. The maximum atomic E-state index is 10.4. The Kier molecular flexibility index (Phi) is 2.05. The lowest BCUT2D eigenvalue weighted by atomic mass is 10.4. The Morgan fingerprint density at radius 3 is 2.83 bits per heavy atom. The van der Waals surface area contributed by atoms with Gasteiger partial charge in [0.05, 0.1) is 0 Å². The molecule has 62 valence electrons. The quantitative estimate of drug-likeness (QED) is 0.679. The van der Waals surface area contributed by atoms with Crippen molar-refractivity contribution in [1.29, 1.82) is 0 Å². The number of hydrogen-bond acceptors (Lipinski definition) is 3. The molecule has 0 atom stereocenters. The van der Waals surface area contributed by atoms with Gasteiger partial charge in [0.1, 0.15) is 0 Å². The van der Waals surface area contributed by atoms with Crippen LogP contribution >= 0.6 is 0 Å². The predicted octanol–water partition coefficient (Wildman–Crippen LogP) is 1.01. The van der Waals surface area contributed by atoms with Gasteiger partial charge in [0.2, 0.25) is 0 Å². The summed E-state index contributed by atoms with van der Waals surface area (Å²) < 4.78 is 1.25. The van der Waals surface area contributed by atoms with Gasteiger partial charge in [0.15, 0.2) is 11.5 Å². The summed E-state index contributed by atoms with van der Waals surface area (Å²) in [4.78, 5) is 14.0. The molecule has 1 rings (SSSR count). The smallest absolute Gasteiger partial charge is 0.356 e. The summed E-state index contributed by atoms with van der Waals surface area (Å²) in [6.45, 7) is 6.69. The summed E-state index contributed by atoms with van der Waals surface area (Å²) in [6, 6.07) is 1.32. The molecule has 0 saturated heterocycles. The number of aliphatic imine (C=N–C) groups is 1. The zero-order valence-electron chi connectivity index (χ0n) is 6.27. The van der Waals surface area contributed by atoms with Crippen molar-refractivity contribution < 1.29 is 9.90 Å². The topological polar surface area (TPSA) is 67.5 Å². The number of carboxylic acids is 1. The molecule has 0 aliphatic rings. The summed E-state index contributed by atoms with van der Waals surface area (Å²) >= 11 is 0. The zero-order chi connectivity index (χ0) is 9.14. The van der Waals surface area contributed by atoms with Crippen molar-refractivity contribution in [3.63, 3.8) is 0 Å². The lowest BCUT2D eigenvalue weighted by molar-refractivity contribution is 0.0690. The maximum Gasteiger partial charge on any atom is 0.356 e. The average molecular weight is 165 g/mol. The van der Waals surface area contributed by atoms with E-state index in [1.807, 2.05) is 0 Å². The third-order valence-corrected chi connectivity index (χ3v) is 1.27. The Bertz CT molecular complexity index is 315. The summed E-state index contributed by atoms with van der Waals surface area (Å²) in [5, 5.41) is 12.2. The molecule has 1 heterocycles. The van der Waals surface area contributed by atoms with Gasteiger partial charge in [-0.25, -0.2) is 14.5 Å². The van der Waals surface area contributed by atoms with Crippen LogP contribution in [0.4, 0.5) is 5.82 Å². The Morgan fingerprint density at radius 1 is 1.83 bits per heavy atom. The SMILES string of the molecule is C=Cn1nc(C(=O)O)cc1N=C. The molecular formula is C7H7N3O2. The molecule has 1 N–H and O–H groups in total. The Balaban J connectivity index is 3.22. The molecule has 0 aliphatic heterocycles. The van der Waals surface area contributed by atoms with Crippen LogP contribution in [0.5, 0.6) is 0 Å². The van der Waals surface area contributed by atoms with Crippen LogP contribution in [-0.4, -0.2) is 27.6 Å². The van der Waals surface area contributed by atoms with Crippen molar-refractivity contribution in [2.45, 2.75) is 0 Å². The molecular weight excluding hydrogens is 158 g/mol. The van der Waals surface area contributed by atoms with Crippen molar-refractivity contribution >= 4 is 24.7 Å². The normalized spacial score (nSPS) is 9.33. The van der Waals surface area contributed by atoms with Gasteiger partial charge in [-0.1, -0.05) is 6.58 Å². The van der Waals surface area contributed by atoms with E-state index in [-0.39, 0.29) is 5.69 Å². The Morgan fingerprint density at radius 2 is 2.50 bits per heavy atom. The van der Waals surface area contributed by atoms with Gasteiger partial charge in [-0.3, -0.25) is 0 Å². The van der Waals surface area contributed by atoms with Crippen molar-refractivity contribution in [3.8, 4) is 0 Å². The van der Waals surface area contributed by atoms with Crippen LogP contribution in [-0.2, 0) is 0 Å². The van der Waals surface area contributed by atoms with Crippen LogP contribution in [0, 0.1) is 0 Å². The molecule has 0 amide bonds. The van der Waals surface area contributed by atoms with Crippen LogP contribution < -0.4 is 0 Å². The number of carboxylic acid groups (broad SMARTS) is 1. The lowest BCUT2D eigenvalue weighted by Crippen LogP contribution is -1.97. The molecule has 1 aromatic rings. The van der Waals surface area contributed by atoms with E-state index in [1.54, 1.807) is 0 Å². The van der Waals surface area contributed by atoms with Crippen molar-refractivity contribution in [1.82, 2.24) is 9.78 Å². The van der Waals surface area contributed by atoms with Gasteiger partial charge >= 0.3 is 5.97 Å². The first kappa shape index (κ1) is 8.19. The fourth-order valence-electron chi connectivity index (χ4n) is 0.742. The summed E-state index contributed by atoms with van der Waals surface area (Å²) in [5.74, 6) is -0.733. The second kappa shape index (κ2) is 3.00. The van der Waals surface area contributed by atoms with Crippen LogP contribution in [0.15, 0.2) is 17.6 Å². The third-order valence-electron chi connectivity index (χ3n) is 1.27. The van der Waals surface area contributed by atoms with Gasteiger partial charge in [0.25, 0.3) is 0 Å². The van der Waals surface area contributed by atoms with E-state index >= 15 is 0 Å². The average Bonchev–Trinajstić information content (AvgIpc) is 2.46. The first-order valence-electron chi connectivity index (χ1n) is 3.11. The number of aromatic carboxylic acids is 1. The van der Waals surface area contributed by atoms with Crippen LogP contribution in [0.1, 0.15) is 10.5 Å². The third kappa shape index (κ3) is 1.24. The molecule has 0 spiro atoms. The largest absolute Gasteiger partial charge is 0.476 e. The molecule has 0 radical (unpaired) electrons. The van der Waals surface area contributed by atoms with Crippen molar-refractivity contribution in [2.24, 2.45) is 4.99 Å². The number of hydrogen-bond donors (Lipinski definition) is 1. The fraction of sp³-hybridized carbons (Fsp3) is 0. The van der Waals surface area contributed by atoms with E-state index in [1.165, 1.54) is 16.9 Å². The van der Waals surface area contributed by atoms with E-state index in [9.17, 15) is 4.79 Å². The first-order valence-corrected chi connectivity index (χ1v) is 3.11. The first-order chi connectivity index (χ1) is 5.69. The molecule has 0 aliphatic carbocycles. The van der Waals surface area contributed by atoms with E-state index < -0.39 is 5.97 Å². The highest BCUT2D eigenvalue weighted by atomic mass is 16.4. The molecule has 12 heavy (non-hydrogen) atoms. The Labute approximate surface area is 68.7 Å². The van der Waals surface area contributed by atoms with Gasteiger partial charge < -0.3 is 5.11 Å². The van der Waals surface area contributed by atoms with Gasteiger partial charge in [-0.05, 0) is 6.72 Å². The highest BCUT2D eigenvalue weighted by Crippen LogP contribution is 2.13. The van der Waals surface area contributed by atoms with E-state index in [0.29, 0.717) is 5.82 Å². The molecule has 0 unspecified atom stereocenters. The molecule has 0 aromatic carbocycles. The summed E-state index contributed by atoms with van der Waals surface area (Å²) in [6.07, 6.45) is 1.36. The van der Waals surface area contributed by atoms with Gasteiger partial charge in [-0.2, -0.15) is 5.10 Å². The standard InChI is InChI=1S/C7H7N3O2/c1-3-10-6(8-2)4-5(9-10)7(11)12/h3-4H,1-2H2,(H,11,12). The number of nitrogens with zero attached hydrogens (tertiary/aromatic N) is 3. The summed E-state index contributed by atoms with van der Waals surface area (Å²) in [7, 11) is 0. The predicted molar refractivity (Wildman–Crippen MR) is 44.8 cm³/mol. The van der Waals surface area contributed by atoms with Crippen LogP contribution in [0.3, 0.4) is 0 Å². The molecule has 5 nitrogen and oxygen atoms in total.